The van der Waals surface area contributed by atoms with Crippen LogP contribution in [0.3, 0.4) is 0 Å². The largest absolute Gasteiger partial charge is 0.386 e. The summed E-state index contributed by atoms with van der Waals surface area (Å²) in [6.45, 7) is 0.796. The topological polar surface area (TPSA) is 88.1 Å². The average Bonchev–Trinajstić information content (AvgIpc) is 3.02. The molecule has 0 bridgehead atoms. The van der Waals surface area contributed by atoms with Gasteiger partial charge in [0.25, 0.3) is 5.91 Å². The number of benzene rings is 2. The van der Waals surface area contributed by atoms with Crippen molar-refractivity contribution in [3.63, 3.8) is 0 Å². The van der Waals surface area contributed by atoms with Crippen LogP contribution in [0.5, 0.6) is 0 Å². The molecule has 3 rings (SSSR count). The molecule has 0 spiro atoms. The molecule has 0 unspecified atom stereocenters. The third-order valence-corrected chi connectivity index (χ3v) is 6.49. The number of hydrogen-bond acceptors (Lipinski definition) is 5. The van der Waals surface area contributed by atoms with Crippen molar-refractivity contribution in [2.75, 3.05) is 25.0 Å². The Balaban J connectivity index is 1.57. The van der Waals surface area contributed by atoms with Gasteiger partial charge in [-0.2, -0.15) is 4.31 Å². The van der Waals surface area contributed by atoms with Crippen LogP contribution in [-0.4, -0.2) is 44.5 Å². The van der Waals surface area contributed by atoms with Crippen LogP contribution in [0.2, 0.25) is 0 Å². The zero-order valence-corrected chi connectivity index (χ0v) is 17.0. The van der Waals surface area contributed by atoms with Crippen molar-refractivity contribution in [2.24, 2.45) is 5.16 Å². The molecule has 1 fully saturated rings. The molecule has 0 aromatic heterocycles. The van der Waals surface area contributed by atoms with Gasteiger partial charge in [0.05, 0.1) is 11.1 Å². The molecule has 0 aliphatic carbocycles. The summed E-state index contributed by atoms with van der Waals surface area (Å²) in [6.07, 6.45) is 5.36. The van der Waals surface area contributed by atoms with E-state index in [0.29, 0.717) is 18.8 Å². The van der Waals surface area contributed by atoms with Gasteiger partial charge in [-0.15, -0.1) is 0 Å². The van der Waals surface area contributed by atoms with Crippen molar-refractivity contribution in [3.05, 3.63) is 60.2 Å². The number of carbonyl (C=O) groups is 1. The van der Waals surface area contributed by atoms with E-state index in [9.17, 15) is 13.2 Å². The standard InChI is InChI=1S/C21H25N3O4S/c25-21(17-28-22-16-18-9-4-3-5-10-18)23-19-11-8-12-20(15-19)29(26,27)24-13-6-1-2-7-14-24/h3-5,8-12,15-16H,1-2,6-7,13-14,17H2,(H,23,25)/b22-16+. The highest BCUT2D eigenvalue weighted by Crippen LogP contribution is 2.22. The van der Waals surface area contributed by atoms with Crippen LogP contribution in [-0.2, 0) is 19.7 Å². The van der Waals surface area contributed by atoms with Gasteiger partial charge in [0.1, 0.15) is 0 Å². The normalized spacial score (nSPS) is 15.7. The smallest absolute Gasteiger partial charge is 0.265 e. The lowest BCUT2D eigenvalue weighted by molar-refractivity contribution is -0.120. The van der Waals surface area contributed by atoms with Gasteiger partial charge >= 0.3 is 0 Å². The molecule has 1 saturated heterocycles. The summed E-state index contributed by atoms with van der Waals surface area (Å²) in [6, 6.07) is 15.7. The number of sulfonamides is 1. The number of hydrogen-bond donors (Lipinski definition) is 1. The molecule has 1 aliphatic rings. The summed E-state index contributed by atoms with van der Waals surface area (Å²) in [5.74, 6) is -0.417. The maximum atomic E-state index is 12.9. The third kappa shape index (κ3) is 6.13. The van der Waals surface area contributed by atoms with Crippen molar-refractivity contribution in [2.45, 2.75) is 30.6 Å². The van der Waals surface area contributed by atoms with E-state index in [2.05, 4.69) is 10.5 Å². The molecule has 1 amide bonds. The van der Waals surface area contributed by atoms with Crippen LogP contribution in [0.4, 0.5) is 5.69 Å². The number of amides is 1. The second-order valence-electron chi connectivity index (χ2n) is 6.81. The van der Waals surface area contributed by atoms with Crippen LogP contribution in [0.25, 0.3) is 0 Å². The van der Waals surface area contributed by atoms with E-state index < -0.39 is 15.9 Å². The molecule has 8 heteroatoms. The molecule has 1 heterocycles. The second-order valence-corrected chi connectivity index (χ2v) is 8.75. The molecular formula is C21H25N3O4S. The van der Waals surface area contributed by atoms with Crippen LogP contribution in [0.15, 0.2) is 64.6 Å². The van der Waals surface area contributed by atoms with Gasteiger partial charge in [-0.1, -0.05) is 54.4 Å². The molecular weight excluding hydrogens is 390 g/mol. The van der Waals surface area contributed by atoms with Crippen molar-refractivity contribution in [1.82, 2.24) is 4.31 Å². The highest BCUT2D eigenvalue weighted by atomic mass is 32.2. The molecule has 0 saturated carbocycles. The lowest BCUT2D eigenvalue weighted by Crippen LogP contribution is -2.32. The Morgan fingerprint density at radius 3 is 2.48 bits per heavy atom. The Kier molecular flexibility index (Phi) is 7.37. The number of carbonyl (C=O) groups excluding carboxylic acids is 1. The minimum Gasteiger partial charge on any atom is -0.386 e. The molecule has 1 N–H and O–H groups in total. The number of oxime groups is 1. The summed E-state index contributed by atoms with van der Waals surface area (Å²) in [5, 5.41) is 6.41. The second kappa shape index (κ2) is 10.2. The third-order valence-electron chi connectivity index (χ3n) is 4.59. The van der Waals surface area contributed by atoms with Crippen molar-refractivity contribution >= 4 is 27.8 Å². The zero-order valence-electron chi connectivity index (χ0n) is 16.2. The van der Waals surface area contributed by atoms with Crippen molar-refractivity contribution < 1.29 is 18.0 Å². The van der Waals surface area contributed by atoms with E-state index in [0.717, 1.165) is 31.2 Å². The predicted octanol–water partition coefficient (Wildman–Crippen LogP) is 3.24. The zero-order chi connectivity index (χ0) is 20.5. The lowest BCUT2D eigenvalue weighted by Gasteiger charge is -2.20. The van der Waals surface area contributed by atoms with Gasteiger partial charge in [-0.25, -0.2) is 8.42 Å². The molecule has 154 valence electrons. The van der Waals surface area contributed by atoms with Crippen LogP contribution in [0, 0.1) is 0 Å². The summed E-state index contributed by atoms with van der Waals surface area (Å²) < 4.78 is 27.3. The fourth-order valence-corrected chi connectivity index (χ4v) is 4.66. The van der Waals surface area contributed by atoms with Crippen LogP contribution in [0.1, 0.15) is 31.2 Å². The number of rotatable bonds is 7. The first kappa shape index (κ1) is 21.0. The molecule has 1 aliphatic heterocycles. The summed E-state index contributed by atoms with van der Waals surface area (Å²) in [7, 11) is -3.57. The Labute approximate surface area is 171 Å². The molecule has 0 radical (unpaired) electrons. The fraction of sp³-hybridized carbons (Fsp3) is 0.333. The van der Waals surface area contributed by atoms with Gasteiger partial charge in [-0.05, 0) is 36.6 Å². The summed E-state index contributed by atoms with van der Waals surface area (Å²) in [5.41, 5.74) is 1.26. The van der Waals surface area contributed by atoms with Gasteiger partial charge in [-0.3, -0.25) is 4.79 Å². The Morgan fingerprint density at radius 1 is 1.03 bits per heavy atom. The molecule has 0 atom stereocenters. The first-order valence-corrected chi connectivity index (χ1v) is 11.1. The number of anilines is 1. The number of nitrogens with one attached hydrogen (secondary N) is 1. The van der Waals surface area contributed by atoms with Gasteiger partial charge in [0.2, 0.25) is 10.0 Å². The molecule has 2 aromatic rings. The van der Waals surface area contributed by atoms with E-state index in [1.165, 1.54) is 16.6 Å². The maximum absolute atomic E-state index is 12.9. The van der Waals surface area contributed by atoms with Crippen molar-refractivity contribution in [1.29, 1.82) is 0 Å². The minimum absolute atomic E-state index is 0.181. The van der Waals surface area contributed by atoms with Gasteiger partial charge < -0.3 is 10.2 Å². The summed E-state index contributed by atoms with van der Waals surface area (Å²) >= 11 is 0. The molecule has 29 heavy (non-hydrogen) atoms. The van der Waals surface area contributed by atoms with Crippen molar-refractivity contribution in [3.8, 4) is 0 Å². The monoisotopic (exact) mass is 415 g/mol. The fourth-order valence-electron chi connectivity index (χ4n) is 3.10. The minimum atomic E-state index is -3.57. The van der Waals surface area contributed by atoms with E-state index in [1.807, 2.05) is 30.3 Å². The highest BCUT2D eigenvalue weighted by molar-refractivity contribution is 7.89. The maximum Gasteiger partial charge on any atom is 0.265 e. The first-order chi connectivity index (χ1) is 14.1. The Hall–Kier alpha value is -2.71. The number of nitrogens with zero attached hydrogens (tertiary/aromatic N) is 2. The average molecular weight is 416 g/mol. The quantitative estimate of drug-likeness (QED) is 0.555. The molecule has 2 aromatic carbocycles. The van der Waals surface area contributed by atoms with Crippen LogP contribution < -0.4 is 5.32 Å². The van der Waals surface area contributed by atoms with Gasteiger partial charge in [0, 0.05) is 18.8 Å². The lowest BCUT2D eigenvalue weighted by atomic mass is 10.2. The predicted molar refractivity (Wildman–Crippen MR) is 112 cm³/mol. The SMILES string of the molecule is O=C(CO/N=C/c1ccccc1)Nc1cccc(S(=O)(=O)N2CCCCCC2)c1. The van der Waals surface area contributed by atoms with E-state index >= 15 is 0 Å². The highest BCUT2D eigenvalue weighted by Gasteiger charge is 2.25. The first-order valence-electron chi connectivity index (χ1n) is 9.66. The van der Waals surface area contributed by atoms with E-state index in [1.54, 1.807) is 18.2 Å². The van der Waals surface area contributed by atoms with Crippen LogP contribution >= 0.6 is 0 Å². The van der Waals surface area contributed by atoms with E-state index in [4.69, 9.17) is 4.84 Å². The summed E-state index contributed by atoms with van der Waals surface area (Å²) in [4.78, 5) is 17.3. The molecule has 7 nitrogen and oxygen atoms in total. The van der Waals surface area contributed by atoms with Gasteiger partial charge in [0.15, 0.2) is 6.61 Å². The van der Waals surface area contributed by atoms with E-state index in [-0.39, 0.29) is 11.5 Å². The Bertz CT molecular complexity index is 937. The Morgan fingerprint density at radius 2 is 1.76 bits per heavy atom.